The molecule has 0 radical (unpaired) electrons. The van der Waals surface area contributed by atoms with Crippen LogP contribution in [-0.4, -0.2) is 4.98 Å². The molecule has 0 aliphatic heterocycles. The molecule has 0 fully saturated rings. The zero-order valence-electron chi connectivity index (χ0n) is 6.50. The van der Waals surface area contributed by atoms with E-state index in [1.54, 1.807) is 12.1 Å². The van der Waals surface area contributed by atoms with Gasteiger partial charge < -0.3 is 4.42 Å². The molecule has 0 saturated carbocycles. The summed E-state index contributed by atoms with van der Waals surface area (Å²) in [6.07, 6.45) is 2.70. The molecule has 0 atom stereocenters. The van der Waals surface area contributed by atoms with Crippen LogP contribution in [0.5, 0.6) is 0 Å². The first-order chi connectivity index (χ1) is 6.27. The van der Waals surface area contributed by atoms with Gasteiger partial charge in [-0.25, -0.2) is 9.37 Å². The van der Waals surface area contributed by atoms with Crippen molar-refractivity contribution >= 4 is 11.6 Å². The predicted molar refractivity (Wildman–Crippen MR) is 46.9 cm³/mol. The zero-order valence-corrected chi connectivity index (χ0v) is 7.25. The quantitative estimate of drug-likeness (QED) is 0.702. The largest absolute Gasteiger partial charge is 0.443 e. The van der Waals surface area contributed by atoms with Crippen molar-refractivity contribution in [2.75, 3.05) is 0 Å². The lowest BCUT2D eigenvalue weighted by atomic mass is 10.2. The highest BCUT2D eigenvalue weighted by Gasteiger charge is 2.07. The summed E-state index contributed by atoms with van der Waals surface area (Å²) in [5, 5.41) is 0.362. The van der Waals surface area contributed by atoms with E-state index in [1.165, 1.54) is 18.7 Å². The molecule has 2 aromatic rings. The van der Waals surface area contributed by atoms with Gasteiger partial charge in [0.25, 0.3) is 0 Å². The lowest BCUT2D eigenvalue weighted by Crippen LogP contribution is -1.81. The first-order valence-corrected chi connectivity index (χ1v) is 3.99. The van der Waals surface area contributed by atoms with E-state index >= 15 is 0 Å². The van der Waals surface area contributed by atoms with Crippen molar-refractivity contribution in [3.63, 3.8) is 0 Å². The van der Waals surface area contributed by atoms with Crippen LogP contribution in [0.1, 0.15) is 0 Å². The van der Waals surface area contributed by atoms with E-state index in [-0.39, 0.29) is 0 Å². The zero-order chi connectivity index (χ0) is 9.26. The van der Waals surface area contributed by atoms with E-state index < -0.39 is 5.82 Å². The van der Waals surface area contributed by atoms with Gasteiger partial charge in [0.05, 0.1) is 11.8 Å². The minimum absolute atomic E-state index is 0.362. The van der Waals surface area contributed by atoms with Gasteiger partial charge in [0.15, 0.2) is 12.2 Å². The summed E-state index contributed by atoms with van der Waals surface area (Å²) < 4.78 is 18.2. The number of aromatic nitrogens is 1. The molecule has 0 amide bonds. The van der Waals surface area contributed by atoms with Crippen molar-refractivity contribution in [1.29, 1.82) is 0 Å². The maximum absolute atomic E-state index is 13.2. The second-order valence-corrected chi connectivity index (χ2v) is 2.93. The van der Waals surface area contributed by atoms with E-state index in [9.17, 15) is 4.39 Å². The molecule has 0 saturated heterocycles. The van der Waals surface area contributed by atoms with E-state index in [2.05, 4.69) is 4.98 Å². The third-order valence-electron chi connectivity index (χ3n) is 1.63. The number of hydrogen-bond acceptors (Lipinski definition) is 2. The molecule has 1 aromatic carbocycles. The van der Waals surface area contributed by atoms with Gasteiger partial charge in [-0.05, 0) is 18.2 Å². The van der Waals surface area contributed by atoms with Crippen molar-refractivity contribution in [2.24, 2.45) is 0 Å². The molecule has 2 nitrogen and oxygen atoms in total. The first kappa shape index (κ1) is 8.26. The Morgan fingerprint density at radius 1 is 1.38 bits per heavy atom. The highest BCUT2D eigenvalue weighted by atomic mass is 35.5. The average Bonchev–Trinajstić information content (AvgIpc) is 2.56. The third kappa shape index (κ3) is 1.55. The Morgan fingerprint density at radius 3 is 2.85 bits per heavy atom. The minimum atomic E-state index is -0.413. The third-order valence-corrected chi connectivity index (χ3v) is 1.86. The van der Waals surface area contributed by atoms with Gasteiger partial charge in [-0.3, -0.25) is 0 Å². The Morgan fingerprint density at radius 2 is 2.23 bits per heavy atom. The predicted octanol–water partition coefficient (Wildman–Crippen LogP) is 3.13. The Labute approximate surface area is 79.0 Å². The highest BCUT2D eigenvalue weighted by molar-refractivity contribution is 6.30. The molecule has 4 heteroatoms. The number of rotatable bonds is 1. The van der Waals surface area contributed by atoms with Crippen LogP contribution in [-0.2, 0) is 0 Å². The van der Waals surface area contributed by atoms with Gasteiger partial charge in [-0.1, -0.05) is 11.6 Å². The van der Waals surface area contributed by atoms with E-state index in [1.807, 2.05) is 0 Å². The molecule has 2 rings (SSSR count). The summed E-state index contributed by atoms with van der Waals surface area (Å²) in [6, 6.07) is 4.39. The van der Waals surface area contributed by atoms with Crippen molar-refractivity contribution < 1.29 is 8.81 Å². The molecule has 13 heavy (non-hydrogen) atoms. The maximum atomic E-state index is 13.2. The molecule has 0 aliphatic carbocycles. The van der Waals surface area contributed by atoms with E-state index in [4.69, 9.17) is 16.0 Å². The fourth-order valence-corrected chi connectivity index (χ4v) is 1.20. The van der Waals surface area contributed by atoms with E-state index in [0.717, 1.165) is 0 Å². The second kappa shape index (κ2) is 3.18. The summed E-state index contributed by atoms with van der Waals surface area (Å²) >= 11 is 5.59. The topological polar surface area (TPSA) is 26.0 Å². The molecule has 1 heterocycles. The van der Waals surface area contributed by atoms with Crippen molar-refractivity contribution in [1.82, 2.24) is 4.98 Å². The molecule has 0 unspecified atom stereocenters. The molecular weight excluding hydrogens is 193 g/mol. The molecule has 66 valence electrons. The number of nitrogens with zero attached hydrogens (tertiary/aromatic N) is 1. The van der Waals surface area contributed by atoms with Crippen LogP contribution in [0.25, 0.3) is 11.3 Å². The van der Waals surface area contributed by atoms with Crippen molar-refractivity contribution in [3.05, 3.63) is 41.6 Å². The number of benzene rings is 1. The number of oxazole rings is 1. The SMILES string of the molecule is Fc1cc(Cl)ccc1-c1cnco1. The second-order valence-electron chi connectivity index (χ2n) is 2.49. The molecular formula is C9H5ClFNO. The van der Waals surface area contributed by atoms with Crippen LogP contribution in [0.2, 0.25) is 5.02 Å². The van der Waals surface area contributed by atoms with Crippen molar-refractivity contribution in [2.45, 2.75) is 0 Å². The molecule has 1 aromatic heterocycles. The summed E-state index contributed by atoms with van der Waals surface area (Å²) in [4.78, 5) is 3.70. The van der Waals surface area contributed by atoms with Gasteiger partial charge in [-0.15, -0.1) is 0 Å². The van der Waals surface area contributed by atoms with Crippen LogP contribution in [0, 0.1) is 5.82 Å². The molecule has 0 N–H and O–H groups in total. The standard InChI is InChI=1S/C9H5ClFNO/c10-6-1-2-7(8(11)3-6)9-4-12-5-13-9/h1-5H. The van der Waals surface area contributed by atoms with Crippen LogP contribution in [0.4, 0.5) is 4.39 Å². The monoisotopic (exact) mass is 197 g/mol. The lowest BCUT2D eigenvalue weighted by molar-refractivity contribution is 0.561. The van der Waals surface area contributed by atoms with Crippen LogP contribution in [0.3, 0.4) is 0 Å². The van der Waals surface area contributed by atoms with Gasteiger partial charge in [0, 0.05) is 5.02 Å². The fourth-order valence-electron chi connectivity index (χ4n) is 1.04. The Hall–Kier alpha value is -1.35. The summed E-state index contributed by atoms with van der Waals surface area (Å²) in [5.74, 6) is -0.0154. The smallest absolute Gasteiger partial charge is 0.181 e. The minimum Gasteiger partial charge on any atom is -0.443 e. The van der Waals surface area contributed by atoms with Gasteiger partial charge in [0.1, 0.15) is 5.82 Å². The summed E-state index contributed by atoms with van der Waals surface area (Å²) in [7, 11) is 0. The molecule has 0 spiro atoms. The Bertz CT molecular complexity index is 414. The lowest BCUT2D eigenvalue weighted by Gasteiger charge is -1.98. The Balaban J connectivity index is 2.53. The van der Waals surface area contributed by atoms with Crippen LogP contribution in [0.15, 0.2) is 35.2 Å². The Kier molecular flexibility index (Phi) is 2.02. The van der Waals surface area contributed by atoms with Gasteiger partial charge in [0.2, 0.25) is 0 Å². The average molecular weight is 198 g/mol. The van der Waals surface area contributed by atoms with Gasteiger partial charge >= 0.3 is 0 Å². The van der Waals surface area contributed by atoms with Crippen LogP contribution < -0.4 is 0 Å². The van der Waals surface area contributed by atoms with E-state index in [0.29, 0.717) is 16.3 Å². The molecule has 0 bridgehead atoms. The summed E-state index contributed by atoms with van der Waals surface area (Å²) in [5.41, 5.74) is 0.363. The van der Waals surface area contributed by atoms with Crippen LogP contribution >= 0.6 is 11.6 Å². The van der Waals surface area contributed by atoms with Crippen molar-refractivity contribution in [3.8, 4) is 11.3 Å². The van der Waals surface area contributed by atoms with Gasteiger partial charge in [-0.2, -0.15) is 0 Å². The summed E-state index contributed by atoms with van der Waals surface area (Å²) in [6.45, 7) is 0. The maximum Gasteiger partial charge on any atom is 0.181 e. The fraction of sp³-hybridized carbons (Fsp3) is 0. The highest BCUT2D eigenvalue weighted by Crippen LogP contribution is 2.24. The normalized spacial score (nSPS) is 10.3. The molecule has 0 aliphatic rings. The number of halogens is 2. The number of hydrogen-bond donors (Lipinski definition) is 0. The first-order valence-electron chi connectivity index (χ1n) is 3.61.